The van der Waals surface area contributed by atoms with Gasteiger partial charge in [0, 0.05) is 12.8 Å². The van der Waals surface area contributed by atoms with E-state index in [-0.39, 0.29) is 26.1 Å². The largest absolute Gasteiger partial charge is 0.756 e. The van der Waals surface area contributed by atoms with Crippen LogP contribution in [0.1, 0.15) is 213 Å². The van der Waals surface area contributed by atoms with Crippen molar-refractivity contribution in [1.82, 2.24) is 0 Å². The average Bonchev–Trinajstić information content (AvgIpc) is 3.39. The Morgan fingerprint density at radius 1 is 0.416 bits per heavy atom. The highest BCUT2D eigenvalue weighted by Gasteiger charge is 2.21. The fourth-order valence-corrected chi connectivity index (χ4v) is 8.21. The average molecular weight is 1090 g/mol. The Hall–Kier alpha value is -4.11. The van der Waals surface area contributed by atoms with Crippen LogP contribution in [-0.4, -0.2) is 70.0 Å². The summed E-state index contributed by atoms with van der Waals surface area (Å²) in [5, 5.41) is 0. The van der Waals surface area contributed by atoms with E-state index in [0.29, 0.717) is 23.9 Å². The van der Waals surface area contributed by atoms with E-state index in [0.717, 1.165) is 122 Å². The van der Waals surface area contributed by atoms with E-state index in [1.54, 1.807) is 0 Å². The van der Waals surface area contributed by atoms with Crippen LogP contribution in [0.25, 0.3) is 0 Å². The molecule has 0 spiro atoms. The van der Waals surface area contributed by atoms with Crippen molar-refractivity contribution in [3.05, 3.63) is 146 Å². The van der Waals surface area contributed by atoms with Crippen LogP contribution < -0.4 is 4.89 Å². The van der Waals surface area contributed by atoms with Gasteiger partial charge in [-0.3, -0.25) is 14.2 Å². The Morgan fingerprint density at radius 2 is 0.740 bits per heavy atom. The van der Waals surface area contributed by atoms with Gasteiger partial charge in [-0.25, -0.2) is 0 Å². The van der Waals surface area contributed by atoms with E-state index in [1.165, 1.54) is 51.4 Å². The summed E-state index contributed by atoms with van der Waals surface area (Å²) in [7, 11) is 1.12. The second-order valence-electron chi connectivity index (χ2n) is 20.6. The third-order valence-corrected chi connectivity index (χ3v) is 13.1. The first-order valence-corrected chi connectivity index (χ1v) is 31.5. The van der Waals surface area contributed by atoms with Crippen LogP contribution >= 0.6 is 7.82 Å². The number of carbonyl (C=O) groups is 2. The van der Waals surface area contributed by atoms with Gasteiger partial charge < -0.3 is 27.9 Å². The van der Waals surface area contributed by atoms with Crippen LogP contribution in [0.5, 0.6) is 0 Å². The number of hydrogen-bond donors (Lipinski definition) is 0. The standard InChI is InChI=1S/C67H110NO8P/c1-6-8-10-12-14-16-18-20-22-24-26-27-28-29-30-31-32-33-34-35-36-37-38-39-40-41-42-44-46-48-50-52-54-56-58-60-67(70)76-65(64-75-77(71,72)74-62-61-68(3,4)5)63-73-66(69)59-57-55-53-51-49-47-45-43-25-23-21-19-17-15-13-11-9-7-2/h8,10,14,16-17,19-20,22-23,25-27,29-30,32-33,35-36,38-39,41-42,46,48,65H,6-7,9,11-13,15,18,21,24,28,31,34,37,40,43-45,47,49-64H2,1-5H3/b10-8-,16-14-,19-17-,22-20-,25-23-,27-26-,30-29-,33-32-,36-35-,39-38-,42-41-,48-46-. The van der Waals surface area contributed by atoms with Crippen molar-refractivity contribution < 1.29 is 42.1 Å². The molecule has 0 aromatic carbocycles. The Balaban J connectivity index is 4.26. The topological polar surface area (TPSA) is 111 Å². The van der Waals surface area contributed by atoms with Crippen LogP contribution in [0, 0.1) is 0 Å². The zero-order valence-corrected chi connectivity index (χ0v) is 50.2. The van der Waals surface area contributed by atoms with Crippen LogP contribution in [0.4, 0.5) is 0 Å². The number of rotatable bonds is 53. The number of hydrogen-bond acceptors (Lipinski definition) is 8. The van der Waals surface area contributed by atoms with Crippen molar-refractivity contribution in [2.24, 2.45) is 0 Å². The highest BCUT2D eigenvalue weighted by atomic mass is 31.2. The van der Waals surface area contributed by atoms with Gasteiger partial charge in [0.15, 0.2) is 6.10 Å². The van der Waals surface area contributed by atoms with E-state index in [1.807, 2.05) is 21.1 Å². The number of phosphoric acid groups is 1. The second-order valence-corrected chi connectivity index (χ2v) is 22.0. The van der Waals surface area contributed by atoms with E-state index in [9.17, 15) is 19.0 Å². The Morgan fingerprint density at radius 3 is 1.10 bits per heavy atom. The summed E-state index contributed by atoms with van der Waals surface area (Å²) in [4.78, 5) is 37.9. The van der Waals surface area contributed by atoms with Crippen molar-refractivity contribution in [2.45, 2.75) is 219 Å². The number of unbranched alkanes of at least 4 members (excludes halogenated alkanes) is 15. The number of allylic oxidation sites excluding steroid dienone is 24. The van der Waals surface area contributed by atoms with E-state index < -0.39 is 32.5 Å². The highest BCUT2D eigenvalue weighted by molar-refractivity contribution is 7.45. The van der Waals surface area contributed by atoms with Gasteiger partial charge in [0.1, 0.15) is 19.8 Å². The number of ether oxygens (including phenoxy) is 2. The molecule has 10 heteroatoms. The highest BCUT2D eigenvalue weighted by Crippen LogP contribution is 2.38. The summed E-state index contributed by atoms with van der Waals surface area (Å²) in [6.07, 6.45) is 83.2. The van der Waals surface area contributed by atoms with Gasteiger partial charge in [0.05, 0.1) is 27.7 Å². The number of quaternary nitrogens is 1. The minimum absolute atomic E-state index is 0.0457. The molecule has 0 aromatic rings. The fraction of sp³-hybridized carbons (Fsp3) is 0.612. The van der Waals surface area contributed by atoms with Gasteiger partial charge >= 0.3 is 11.9 Å². The molecule has 0 fully saturated rings. The molecular weight excluding hydrogens is 978 g/mol. The van der Waals surface area contributed by atoms with Gasteiger partial charge in [-0.1, -0.05) is 224 Å². The summed E-state index contributed by atoms with van der Waals surface area (Å²) >= 11 is 0. The number of phosphoric ester groups is 1. The molecule has 0 radical (unpaired) electrons. The molecule has 0 N–H and O–H groups in total. The van der Waals surface area contributed by atoms with Crippen molar-refractivity contribution in [3.8, 4) is 0 Å². The third kappa shape index (κ3) is 61.0. The molecule has 0 amide bonds. The second kappa shape index (κ2) is 56.6. The third-order valence-electron chi connectivity index (χ3n) is 12.1. The summed E-state index contributed by atoms with van der Waals surface area (Å²) in [6, 6.07) is 0. The SMILES string of the molecule is CC/C=C\C/C=C\C/C=C\C/C=C\C/C=C\C/C=C\C/C=C\C/C=C\C/C=C\C/C=C\CCCCCCC(=O)OC(COC(=O)CCCCCCCCC/C=C\C/C=C\CCCCCC)COP(=O)([O-])OCC[N+](C)(C)C. The Bertz CT molecular complexity index is 1810. The van der Waals surface area contributed by atoms with Crippen molar-refractivity contribution in [1.29, 1.82) is 0 Å². The monoisotopic (exact) mass is 1090 g/mol. The van der Waals surface area contributed by atoms with Gasteiger partial charge in [-0.2, -0.15) is 0 Å². The molecule has 0 bridgehead atoms. The molecule has 9 nitrogen and oxygen atoms in total. The molecule has 0 saturated heterocycles. The maximum atomic E-state index is 12.8. The van der Waals surface area contributed by atoms with Crippen LogP contribution in [0.3, 0.4) is 0 Å². The molecule has 0 rings (SSSR count). The van der Waals surface area contributed by atoms with Crippen LogP contribution in [-0.2, 0) is 32.7 Å². The smallest absolute Gasteiger partial charge is 0.306 e. The molecule has 0 aliphatic heterocycles. The first-order valence-electron chi connectivity index (χ1n) is 30.0. The molecule has 0 aromatic heterocycles. The van der Waals surface area contributed by atoms with Crippen LogP contribution in [0.15, 0.2) is 146 Å². The number of likely N-dealkylation sites (N-methyl/N-ethyl adjacent to an activating group) is 1. The number of nitrogens with zero attached hydrogens (tertiary/aromatic N) is 1. The molecule has 0 aliphatic rings. The normalized spacial score (nSPS) is 14.3. The van der Waals surface area contributed by atoms with Gasteiger partial charge in [-0.15, -0.1) is 0 Å². The summed E-state index contributed by atoms with van der Waals surface area (Å²) in [6.45, 7) is 4.05. The maximum Gasteiger partial charge on any atom is 0.306 e. The van der Waals surface area contributed by atoms with Gasteiger partial charge in [0.25, 0.3) is 7.82 Å². The molecule has 77 heavy (non-hydrogen) atoms. The quantitative estimate of drug-likeness (QED) is 0.0195. The lowest BCUT2D eigenvalue weighted by Crippen LogP contribution is -2.37. The minimum atomic E-state index is -4.66. The van der Waals surface area contributed by atoms with Gasteiger partial charge in [-0.05, 0) is 122 Å². The van der Waals surface area contributed by atoms with E-state index in [4.69, 9.17) is 18.5 Å². The fourth-order valence-electron chi connectivity index (χ4n) is 7.48. The molecule has 2 atom stereocenters. The summed E-state index contributed by atoms with van der Waals surface area (Å²) in [5.74, 6) is -0.883. The zero-order chi connectivity index (χ0) is 56.3. The zero-order valence-electron chi connectivity index (χ0n) is 49.3. The molecule has 0 heterocycles. The Kier molecular flexibility index (Phi) is 53.6. The lowest BCUT2D eigenvalue weighted by atomic mass is 10.1. The molecule has 0 aliphatic carbocycles. The summed E-state index contributed by atoms with van der Waals surface area (Å²) < 4.78 is 34.1. The molecular formula is C67H110NO8P. The van der Waals surface area contributed by atoms with E-state index >= 15 is 0 Å². The molecule has 0 saturated carbocycles. The first kappa shape index (κ1) is 72.9. The lowest BCUT2D eigenvalue weighted by Gasteiger charge is -2.28. The van der Waals surface area contributed by atoms with Crippen molar-refractivity contribution in [3.63, 3.8) is 0 Å². The predicted octanol–water partition coefficient (Wildman–Crippen LogP) is 18.5. The minimum Gasteiger partial charge on any atom is -0.756 e. The maximum absolute atomic E-state index is 12.8. The van der Waals surface area contributed by atoms with Crippen molar-refractivity contribution >= 4 is 19.8 Å². The molecule has 436 valence electrons. The van der Waals surface area contributed by atoms with E-state index in [2.05, 4.69) is 160 Å². The van der Waals surface area contributed by atoms with Gasteiger partial charge in [0.2, 0.25) is 0 Å². The Labute approximate surface area is 472 Å². The summed E-state index contributed by atoms with van der Waals surface area (Å²) in [5.41, 5.74) is 0. The number of carbonyl (C=O) groups excluding carboxylic acids is 2. The molecule has 2 unspecified atom stereocenters. The first-order chi connectivity index (χ1) is 37.5. The number of esters is 2. The lowest BCUT2D eigenvalue weighted by molar-refractivity contribution is -0.870. The van der Waals surface area contributed by atoms with Crippen molar-refractivity contribution in [2.75, 3.05) is 47.5 Å². The van der Waals surface area contributed by atoms with Crippen LogP contribution in [0.2, 0.25) is 0 Å². The predicted molar refractivity (Wildman–Crippen MR) is 327 cm³/mol.